The lowest BCUT2D eigenvalue weighted by Crippen LogP contribution is -2.53. The maximum Gasteiger partial charge on any atom is 0.416 e. The Kier molecular flexibility index (Phi) is 11.4. The first-order chi connectivity index (χ1) is 19.7. The van der Waals surface area contributed by atoms with Gasteiger partial charge in [-0.1, -0.05) is 76.9 Å². The molecule has 1 N–H and O–H groups in total. The molecule has 2 amide bonds. The Morgan fingerprint density at radius 2 is 1.64 bits per heavy atom. The molecule has 0 saturated carbocycles. The lowest BCUT2D eigenvalue weighted by atomic mass is 10.0. The van der Waals surface area contributed by atoms with Gasteiger partial charge in [-0.25, -0.2) is 8.42 Å². The Labute approximate surface area is 256 Å². The third kappa shape index (κ3) is 9.20. The third-order valence-electron chi connectivity index (χ3n) is 6.31. The van der Waals surface area contributed by atoms with Gasteiger partial charge in [-0.2, -0.15) is 13.2 Å². The second-order valence-electron chi connectivity index (χ2n) is 9.58. The van der Waals surface area contributed by atoms with Gasteiger partial charge >= 0.3 is 6.18 Å². The van der Waals surface area contributed by atoms with Gasteiger partial charge in [0.15, 0.2) is 0 Å². The zero-order valence-corrected chi connectivity index (χ0v) is 26.0. The molecule has 0 aromatic heterocycles. The number of nitrogens with one attached hydrogen (secondary N) is 1. The summed E-state index contributed by atoms with van der Waals surface area (Å²) >= 11 is 9.53. The van der Waals surface area contributed by atoms with Crippen LogP contribution in [0, 0.1) is 0 Å². The van der Waals surface area contributed by atoms with E-state index < -0.39 is 51.9 Å². The fourth-order valence-corrected chi connectivity index (χ4v) is 5.57. The van der Waals surface area contributed by atoms with Crippen LogP contribution in [0.3, 0.4) is 0 Å². The molecule has 0 spiro atoms. The first-order valence-corrected chi connectivity index (χ1v) is 15.9. The van der Waals surface area contributed by atoms with Crippen LogP contribution in [0.4, 0.5) is 18.9 Å². The summed E-state index contributed by atoms with van der Waals surface area (Å²) in [4.78, 5) is 28.7. The second kappa shape index (κ2) is 14.4. The fourth-order valence-electron chi connectivity index (χ4n) is 4.18. The molecule has 0 bridgehead atoms. The lowest BCUT2D eigenvalue weighted by molar-refractivity contribution is -0.140. The van der Waals surface area contributed by atoms with Gasteiger partial charge in [-0.05, 0) is 47.9 Å². The van der Waals surface area contributed by atoms with Gasteiger partial charge in [-0.3, -0.25) is 13.9 Å². The van der Waals surface area contributed by atoms with Crippen LogP contribution in [0.15, 0.2) is 77.3 Å². The highest BCUT2D eigenvalue weighted by Crippen LogP contribution is 2.36. The summed E-state index contributed by atoms with van der Waals surface area (Å²) in [5.74, 6) is -1.25. The number of hydrogen-bond acceptors (Lipinski definition) is 4. The lowest BCUT2D eigenvalue weighted by Gasteiger charge is -2.33. The number of carbonyl (C=O) groups is 2. The third-order valence-corrected chi connectivity index (χ3v) is 8.28. The maximum atomic E-state index is 14.0. The van der Waals surface area contributed by atoms with Gasteiger partial charge < -0.3 is 10.2 Å². The van der Waals surface area contributed by atoms with Crippen LogP contribution in [0.25, 0.3) is 0 Å². The first kappa shape index (κ1) is 33.4. The monoisotopic (exact) mass is 687 g/mol. The highest BCUT2D eigenvalue weighted by molar-refractivity contribution is 9.10. The minimum atomic E-state index is -4.78. The van der Waals surface area contributed by atoms with Crippen molar-refractivity contribution in [2.75, 3.05) is 23.7 Å². The SMILES string of the molecule is CCCNC(=O)C(Cc1ccccc1)N(Cc1ccc(Br)cc1)C(=O)CN(c1cc(C(F)(F)F)ccc1Cl)S(C)(=O)=O. The van der Waals surface area contributed by atoms with Gasteiger partial charge in [0.1, 0.15) is 12.6 Å². The zero-order valence-electron chi connectivity index (χ0n) is 22.9. The van der Waals surface area contributed by atoms with E-state index in [4.69, 9.17) is 11.6 Å². The van der Waals surface area contributed by atoms with Crippen molar-refractivity contribution in [2.45, 2.75) is 38.5 Å². The van der Waals surface area contributed by atoms with E-state index in [1.165, 1.54) is 4.90 Å². The number of nitrogens with zero attached hydrogens (tertiary/aromatic N) is 2. The molecule has 0 aliphatic heterocycles. The Balaban J connectivity index is 2.09. The molecular weight excluding hydrogens is 659 g/mol. The van der Waals surface area contributed by atoms with E-state index in [2.05, 4.69) is 21.2 Å². The molecule has 13 heteroatoms. The smallest absolute Gasteiger partial charge is 0.354 e. The van der Waals surface area contributed by atoms with Crippen LogP contribution >= 0.6 is 27.5 Å². The summed E-state index contributed by atoms with van der Waals surface area (Å²) in [6, 6.07) is 17.2. The fraction of sp³-hybridized carbons (Fsp3) is 0.310. The molecule has 3 aromatic carbocycles. The van der Waals surface area contributed by atoms with Crippen molar-refractivity contribution < 1.29 is 31.2 Å². The Hall–Kier alpha value is -3.09. The highest BCUT2D eigenvalue weighted by Gasteiger charge is 2.35. The van der Waals surface area contributed by atoms with E-state index in [9.17, 15) is 31.2 Å². The molecule has 42 heavy (non-hydrogen) atoms. The second-order valence-corrected chi connectivity index (χ2v) is 12.8. The number of anilines is 1. The van der Waals surface area contributed by atoms with Crippen LogP contribution in [0.1, 0.15) is 30.0 Å². The number of hydrogen-bond donors (Lipinski definition) is 1. The molecule has 1 unspecified atom stereocenters. The van der Waals surface area contributed by atoms with Crippen molar-refractivity contribution in [2.24, 2.45) is 0 Å². The minimum Gasteiger partial charge on any atom is -0.354 e. The van der Waals surface area contributed by atoms with Crippen molar-refractivity contribution in [3.63, 3.8) is 0 Å². The van der Waals surface area contributed by atoms with Gasteiger partial charge in [0.25, 0.3) is 0 Å². The molecule has 3 aromatic rings. The summed E-state index contributed by atoms with van der Waals surface area (Å²) in [5, 5.41) is 2.52. The largest absolute Gasteiger partial charge is 0.416 e. The van der Waals surface area contributed by atoms with Crippen LogP contribution in [0.5, 0.6) is 0 Å². The average molecular weight is 689 g/mol. The summed E-state index contributed by atoms with van der Waals surface area (Å²) < 4.78 is 67.5. The molecule has 0 aliphatic rings. The van der Waals surface area contributed by atoms with E-state index in [1.807, 2.05) is 13.0 Å². The number of halogens is 5. The van der Waals surface area contributed by atoms with E-state index >= 15 is 0 Å². The Morgan fingerprint density at radius 1 is 1.00 bits per heavy atom. The molecule has 0 saturated heterocycles. The maximum absolute atomic E-state index is 14.0. The molecule has 0 aliphatic carbocycles. The standard InChI is InChI=1S/C29H30BrClF3N3O4S/c1-3-15-35-28(39)26(16-20-7-5-4-6-8-20)36(18-21-9-12-23(30)13-10-21)27(38)19-37(42(2,40)41)25-17-22(29(32,33)34)11-14-24(25)31/h4-14,17,26H,3,15-16,18-19H2,1-2H3,(H,35,39). The quantitative estimate of drug-likeness (QED) is 0.251. The number of alkyl halides is 3. The molecule has 226 valence electrons. The number of rotatable bonds is 12. The van der Waals surface area contributed by atoms with Gasteiger partial charge in [-0.15, -0.1) is 0 Å². The van der Waals surface area contributed by atoms with E-state index in [-0.39, 0.29) is 18.0 Å². The number of benzene rings is 3. The highest BCUT2D eigenvalue weighted by atomic mass is 79.9. The average Bonchev–Trinajstić information content (AvgIpc) is 2.93. The van der Waals surface area contributed by atoms with Gasteiger partial charge in [0.2, 0.25) is 21.8 Å². The van der Waals surface area contributed by atoms with Gasteiger partial charge in [0, 0.05) is 24.0 Å². The molecule has 3 rings (SSSR count). The number of amides is 2. The van der Waals surface area contributed by atoms with E-state index in [0.717, 1.165) is 28.4 Å². The first-order valence-electron chi connectivity index (χ1n) is 12.9. The van der Waals surface area contributed by atoms with Crippen molar-refractivity contribution in [3.8, 4) is 0 Å². The minimum absolute atomic E-state index is 0.0723. The van der Waals surface area contributed by atoms with Crippen LogP contribution < -0.4 is 9.62 Å². The zero-order chi connectivity index (χ0) is 31.1. The molecule has 0 fully saturated rings. The molecular formula is C29H30BrClF3N3O4S. The molecule has 0 heterocycles. The normalized spacial score (nSPS) is 12.5. The Morgan fingerprint density at radius 3 is 2.21 bits per heavy atom. The van der Waals surface area contributed by atoms with Crippen LogP contribution in [-0.4, -0.2) is 50.5 Å². The van der Waals surface area contributed by atoms with Gasteiger partial charge in [0.05, 0.1) is 22.5 Å². The molecule has 1 atom stereocenters. The Bertz CT molecular complexity index is 1490. The molecule has 0 radical (unpaired) electrons. The number of carbonyl (C=O) groups excluding carboxylic acids is 2. The van der Waals surface area contributed by atoms with Crippen molar-refractivity contribution in [3.05, 3.63) is 99.0 Å². The van der Waals surface area contributed by atoms with Crippen LogP contribution in [0.2, 0.25) is 5.02 Å². The van der Waals surface area contributed by atoms with Crippen molar-refractivity contribution in [1.29, 1.82) is 0 Å². The predicted molar refractivity (Wildman–Crippen MR) is 161 cm³/mol. The summed E-state index contributed by atoms with van der Waals surface area (Å²) in [7, 11) is -4.30. The topological polar surface area (TPSA) is 86.8 Å². The number of sulfonamides is 1. The van der Waals surface area contributed by atoms with E-state index in [1.54, 1.807) is 48.5 Å². The van der Waals surface area contributed by atoms with E-state index in [0.29, 0.717) is 28.9 Å². The summed E-state index contributed by atoms with van der Waals surface area (Å²) in [5.41, 5.74) is -0.226. The van der Waals surface area contributed by atoms with Crippen molar-refractivity contribution >= 4 is 55.1 Å². The predicted octanol–water partition coefficient (Wildman–Crippen LogP) is 6.05. The van der Waals surface area contributed by atoms with Crippen molar-refractivity contribution in [1.82, 2.24) is 10.2 Å². The van der Waals surface area contributed by atoms with Crippen LogP contribution in [-0.2, 0) is 38.8 Å². The summed E-state index contributed by atoms with van der Waals surface area (Å²) in [6.07, 6.45) is -3.26. The molecule has 7 nitrogen and oxygen atoms in total. The summed E-state index contributed by atoms with van der Waals surface area (Å²) in [6.45, 7) is 1.26.